The van der Waals surface area contributed by atoms with Gasteiger partial charge in [0, 0.05) is 41.3 Å². The van der Waals surface area contributed by atoms with Crippen LogP contribution in [0.1, 0.15) is 38.3 Å². The van der Waals surface area contributed by atoms with Crippen LogP contribution in [0.25, 0.3) is 0 Å². The molecule has 8 heteroatoms. The number of hydrogen-bond acceptors (Lipinski definition) is 4. The lowest BCUT2D eigenvalue weighted by Gasteiger charge is -2.33. The predicted octanol–water partition coefficient (Wildman–Crippen LogP) is 5.20. The number of carbonyl (C=O) groups excluding carboxylic acids is 2. The van der Waals surface area contributed by atoms with Crippen LogP contribution in [-0.4, -0.2) is 42.6 Å². The number of anilines is 1. The molecule has 3 aromatic carbocycles. The Morgan fingerprint density at radius 3 is 2.41 bits per heavy atom. The summed E-state index contributed by atoms with van der Waals surface area (Å²) in [5, 5.41) is 11.5. The first-order valence-electron chi connectivity index (χ1n) is 10.8. The van der Waals surface area contributed by atoms with E-state index in [2.05, 4.69) is 5.32 Å². The fraction of sp³-hybridized carbons (Fsp3) is 0.192. The van der Waals surface area contributed by atoms with Crippen LogP contribution in [0.4, 0.5) is 10.1 Å². The van der Waals surface area contributed by atoms with Gasteiger partial charge in [-0.15, -0.1) is 0 Å². The van der Waals surface area contributed by atoms with Gasteiger partial charge in [0.2, 0.25) is 0 Å². The first kappa shape index (κ1) is 23.4. The molecule has 2 N–H and O–H groups in total. The molecule has 3 aromatic rings. The molecular formula is C26H23ClFN3O3. The molecule has 0 atom stereocenters. The Morgan fingerprint density at radius 1 is 1.06 bits per heavy atom. The van der Waals surface area contributed by atoms with E-state index in [1.54, 1.807) is 48.5 Å². The maximum atomic E-state index is 14.8. The summed E-state index contributed by atoms with van der Waals surface area (Å²) in [5.41, 5.74) is 1.58. The molecule has 1 saturated heterocycles. The van der Waals surface area contributed by atoms with E-state index in [0.717, 1.165) is 19.5 Å². The highest BCUT2D eigenvalue weighted by Gasteiger charge is 2.22. The molecule has 34 heavy (non-hydrogen) atoms. The number of carbonyl (C=O) groups is 2. The smallest absolute Gasteiger partial charge is 0.256 e. The first-order chi connectivity index (χ1) is 16.4. The van der Waals surface area contributed by atoms with Crippen molar-refractivity contribution < 1.29 is 18.7 Å². The summed E-state index contributed by atoms with van der Waals surface area (Å²) in [4.78, 5) is 27.8. The molecule has 6 nitrogen and oxygen atoms in total. The van der Waals surface area contributed by atoms with Crippen molar-refractivity contribution in [2.75, 3.05) is 25.5 Å². The zero-order valence-corrected chi connectivity index (χ0v) is 19.3. The van der Waals surface area contributed by atoms with E-state index in [0.29, 0.717) is 27.6 Å². The molecule has 0 radical (unpaired) electrons. The third-order valence-corrected chi connectivity index (χ3v) is 5.98. The summed E-state index contributed by atoms with van der Waals surface area (Å²) < 4.78 is 20.0. The third kappa shape index (κ3) is 5.10. The lowest BCUT2D eigenvalue weighted by Crippen LogP contribution is -2.42. The van der Waals surface area contributed by atoms with Gasteiger partial charge >= 0.3 is 0 Å². The fourth-order valence-electron chi connectivity index (χ4n) is 3.66. The highest BCUT2D eigenvalue weighted by molar-refractivity contribution is 6.30. The zero-order chi connectivity index (χ0) is 24.2. The minimum Gasteiger partial charge on any atom is -0.497 e. The van der Waals surface area contributed by atoms with Crippen LogP contribution in [0.5, 0.6) is 5.75 Å². The topological polar surface area (TPSA) is 82.5 Å². The number of ketones is 1. The molecule has 1 aliphatic heterocycles. The lowest BCUT2D eigenvalue weighted by atomic mass is 9.96. The Labute approximate surface area is 201 Å². The zero-order valence-electron chi connectivity index (χ0n) is 18.5. The second-order valence-electron chi connectivity index (χ2n) is 7.97. The van der Waals surface area contributed by atoms with Crippen molar-refractivity contribution >= 4 is 34.8 Å². The predicted molar refractivity (Wildman–Crippen MR) is 130 cm³/mol. The van der Waals surface area contributed by atoms with Crippen LogP contribution in [0, 0.1) is 11.2 Å². The Kier molecular flexibility index (Phi) is 6.93. The normalized spacial score (nSPS) is 12.6. The van der Waals surface area contributed by atoms with E-state index in [9.17, 15) is 14.0 Å². The molecule has 0 aliphatic carbocycles. The second kappa shape index (κ2) is 10.1. The summed E-state index contributed by atoms with van der Waals surface area (Å²) in [6.07, 6.45) is 0.838. The lowest BCUT2D eigenvalue weighted by molar-refractivity contribution is 0.0988. The summed E-state index contributed by atoms with van der Waals surface area (Å²) in [6.45, 7) is 1.55. The van der Waals surface area contributed by atoms with Gasteiger partial charge in [-0.2, -0.15) is 0 Å². The minimum absolute atomic E-state index is 0.0833. The van der Waals surface area contributed by atoms with E-state index < -0.39 is 17.5 Å². The molecule has 1 amide bonds. The van der Waals surface area contributed by atoms with Gasteiger partial charge in [0.1, 0.15) is 17.4 Å². The van der Waals surface area contributed by atoms with Gasteiger partial charge in [-0.05, 0) is 60.5 Å². The summed E-state index contributed by atoms with van der Waals surface area (Å²) >= 11 is 5.90. The highest BCUT2D eigenvalue weighted by Crippen LogP contribution is 2.23. The van der Waals surface area contributed by atoms with Gasteiger partial charge in [0.05, 0.1) is 12.7 Å². The standard InChI is InChI=1S/C26H23ClFN3O3/c1-34-20-9-3-16(22(15-20)26(33)30-19-7-5-18(27)6-8-19)14-24(32)21-10-4-17(13-23(21)28)25(29)31-11-2-12-31/h3-10,13,15,29H,2,11-12,14H2,1H3,(H,30,33). The number of halogens is 2. The van der Waals surface area contributed by atoms with Crippen molar-refractivity contribution in [3.8, 4) is 5.75 Å². The van der Waals surface area contributed by atoms with Crippen molar-refractivity contribution in [2.45, 2.75) is 12.8 Å². The number of hydrogen-bond donors (Lipinski definition) is 2. The van der Waals surface area contributed by atoms with Gasteiger partial charge in [-0.25, -0.2) is 4.39 Å². The number of benzene rings is 3. The molecule has 174 valence electrons. The van der Waals surface area contributed by atoms with Crippen molar-refractivity contribution in [1.82, 2.24) is 4.90 Å². The molecule has 0 unspecified atom stereocenters. The average molecular weight is 480 g/mol. The van der Waals surface area contributed by atoms with E-state index in [1.807, 2.05) is 4.90 Å². The number of amidine groups is 1. The summed E-state index contributed by atoms with van der Waals surface area (Å²) in [6, 6.07) is 15.7. The van der Waals surface area contributed by atoms with Crippen molar-refractivity contribution in [3.05, 3.63) is 93.8 Å². The number of likely N-dealkylation sites (tertiary alicyclic amines) is 1. The molecule has 1 heterocycles. The molecule has 4 rings (SSSR count). The number of amides is 1. The van der Waals surface area contributed by atoms with Crippen molar-refractivity contribution in [1.29, 1.82) is 5.41 Å². The van der Waals surface area contributed by atoms with Gasteiger partial charge in [-0.3, -0.25) is 15.0 Å². The quantitative estimate of drug-likeness (QED) is 0.277. The largest absolute Gasteiger partial charge is 0.497 e. The van der Waals surface area contributed by atoms with Crippen molar-refractivity contribution in [3.63, 3.8) is 0 Å². The molecule has 0 bridgehead atoms. The van der Waals surface area contributed by atoms with Gasteiger partial charge < -0.3 is 15.0 Å². The summed E-state index contributed by atoms with van der Waals surface area (Å²) in [5.74, 6) is -0.875. The van der Waals surface area contributed by atoms with E-state index >= 15 is 0 Å². The van der Waals surface area contributed by atoms with Gasteiger partial charge in [0.15, 0.2) is 5.78 Å². The molecule has 0 aromatic heterocycles. The van der Waals surface area contributed by atoms with Gasteiger partial charge in [0.25, 0.3) is 5.91 Å². The highest BCUT2D eigenvalue weighted by atomic mass is 35.5. The van der Waals surface area contributed by atoms with E-state index in [4.69, 9.17) is 21.7 Å². The maximum absolute atomic E-state index is 14.8. The monoisotopic (exact) mass is 479 g/mol. The van der Waals surface area contributed by atoms with Crippen LogP contribution in [0.3, 0.4) is 0 Å². The Bertz CT molecular complexity index is 1260. The number of Topliss-reactive ketones (excluding diaryl/α,β-unsaturated/α-hetero) is 1. The second-order valence-corrected chi connectivity index (χ2v) is 8.40. The van der Waals surface area contributed by atoms with Crippen molar-refractivity contribution in [2.24, 2.45) is 0 Å². The van der Waals surface area contributed by atoms with Gasteiger partial charge in [-0.1, -0.05) is 23.7 Å². The fourth-order valence-corrected chi connectivity index (χ4v) is 3.78. The Balaban J connectivity index is 1.55. The number of rotatable bonds is 7. The number of methoxy groups -OCH3 is 1. The van der Waals surface area contributed by atoms with Crippen LogP contribution < -0.4 is 10.1 Å². The molecule has 1 fully saturated rings. The average Bonchev–Trinajstić information content (AvgIpc) is 2.79. The number of nitrogens with one attached hydrogen (secondary N) is 2. The van der Waals surface area contributed by atoms with E-state index in [1.165, 1.54) is 19.2 Å². The van der Waals surface area contributed by atoms with Crippen LogP contribution in [0.15, 0.2) is 60.7 Å². The molecular weight excluding hydrogens is 457 g/mol. The maximum Gasteiger partial charge on any atom is 0.256 e. The summed E-state index contributed by atoms with van der Waals surface area (Å²) in [7, 11) is 1.48. The first-order valence-corrected chi connectivity index (χ1v) is 11.1. The number of nitrogens with zero attached hydrogens (tertiary/aromatic N) is 1. The molecule has 0 spiro atoms. The van der Waals surface area contributed by atoms with Crippen LogP contribution in [0.2, 0.25) is 5.02 Å². The van der Waals surface area contributed by atoms with Crippen LogP contribution in [-0.2, 0) is 6.42 Å². The molecule has 0 saturated carbocycles. The third-order valence-electron chi connectivity index (χ3n) is 5.73. The van der Waals surface area contributed by atoms with E-state index in [-0.39, 0.29) is 23.4 Å². The Hall–Kier alpha value is -3.71. The Morgan fingerprint density at radius 2 is 1.79 bits per heavy atom. The SMILES string of the molecule is COc1ccc(CC(=O)c2ccc(C(=N)N3CCC3)cc2F)c(C(=O)Nc2ccc(Cl)cc2)c1. The minimum atomic E-state index is -0.687. The van der Waals surface area contributed by atoms with Crippen LogP contribution >= 0.6 is 11.6 Å². The molecule has 1 aliphatic rings. The number of ether oxygens (including phenoxy) is 1.